The summed E-state index contributed by atoms with van der Waals surface area (Å²) in [6.45, 7) is 0. The number of nitrogen functional groups attached to an aromatic ring is 1. The highest BCUT2D eigenvalue weighted by atomic mass is 16.1. The number of rotatable bonds is 2. The van der Waals surface area contributed by atoms with Gasteiger partial charge in [0.05, 0.1) is 0 Å². The van der Waals surface area contributed by atoms with Gasteiger partial charge in [-0.05, 0) is 35.4 Å². The number of hydrogen-bond acceptors (Lipinski definition) is 2. The number of carbonyl (C=O) groups excluding carboxylic acids is 1. The summed E-state index contributed by atoms with van der Waals surface area (Å²) in [6.07, 6.45) is 0. The Balaban J connectivity index is 2.44. The maximum atomic E-state index is 11.0. The van der Waals surface area contributed by atoms with E-state index < -0.39 is 5.91 Å². The third-order valence-corrected chi connectivity index (χ3v) is 2.39. The zero-order chi connectivity index (χ0) is 11.5. The molecule has 0 aliphatic rings. The molecule has 0 saturated carbocycles. The molecule has 16 heavy (non-hydrogen) atoms. The van der Waals surface area contributed by atoms with Gasteiger partial charge in [-0.2, -0.15) is 0 Å². The van der Waals surface area contributed by atoms with Crippen LogP contribution >= 0.6 is 0 Å². The van der Waals surface area contributed by atoms with Crippen molar-refractivity contribution in [3.8, 4) is 11.1 Å². The van der Waals surface area contributed by atoms with Gasteiger partial charge >= 0.3 is 0 Å². The first-order valence-corrected chi connectivity index (χ1v) is 4.92. The van der Waals surface area contributed by atoms with Crippen molar-refractivity contribution in [2.45, 2.75) is 0 Å². The van der Waals surface area contributed by atoms with Gasteiger partial charge in [0.2, 0.25) is 5.91 Å². The highest BCUT2D eigenvalue weighted by molar-refractivity contribution is 5.94. The highest BCUT2D eigenvalue weighted by Gasteiger charge is 2.02. The highest BCUT2D eigenvalue weighted by Crippen LogP contribution is 2.21. The average Bonchev–Trinajstić information content (AvgIpc) is 2.30. The fraction of sp³-hybridized carbons (Fsp3) is 0. The van der Waals surface area contributed by atoms with Crippen molar-refractivity contribution in [2.75, 3.05) is 5.73 Å². The van der Waals surface area contributed by atoms with Crippen LogP contribution in [0.4, 0.5) is 5.69 Å². The number of hydrogen-bond donors (Lipinski definition) is 2. The standard InChI is InChI=1S/C13H12N2O/c14-12-6-4-9(5-7-12)10-2-1-3-11(8-10)13(15)16/h1-8H,14H2,(H2,15,16). The largest absolute Gasteiger partial charge is 0.399 e. The summed E-state index contributed by atoms with van der Waals surface area (Å²) in [6, 6.07) is 14.7. The van der Waals surface area contributed by atoms with Gasteiger partial charge in [-0.25, -0.2) is 0 Å². The molecule has 0 aliphatic heterocycles. The summed E-state index contributed by atoms with van der Waals surface area (Å²) < 4.78 is 0. The Bertz CT molecular complexity index is 518. The molecule has 80 valence electrons. The molecule has 0 atom stereocenters. The van der Waals surface area contributed by atoms with Crippen molar-refractivity contribution < 1.29 is 4.79 Å². The number of primary amides is 1. The Morgan fingerprint density at radius 1 is 0.938 bits per heavy atom. The van der Waals surface area contributed by atoms with Gasteiger partial charge in [-0.1, -0.05) is 24.3 Å². The second-order valence-electron chi connectivity index (χ2n) is 3.57. The SMILES string of the molecule is NC(=O)c1cccc(-c2ccc(N)cc2)c1. The monoisotopic (exact) mass is 212 g/mol. The molecule has 4 N–H and O–H groups in total. The van der Waals surface area contributed by atoms with Crippen molar-refractivity contribution in [1.82, 2.24) is 0 Å². The summed E-state index contributed by atoms with van der Waals surface area (Å²) in [4.78, 5) is 11.0. The van der Waals surface area contributed by atoms with E-state index in [1.807, 2.05) is 36.4 Å². The Labute approximate surface area is 93.7 Å². The Morgan fingerprint density at radius 2 is 1.62 bits per heavy atom. The first-order valence-electron chi connectivity index (χ1n) is 4.92. The normalized spacial score (nSPS) is 10.0. The lowest BCUT2D eigenvalue weighted by molar-refractivity contribution is 0.100. The van der Waals surface area contributed by atoms with Crippen LogP contribution in [0, 0.1) is 0 Å². The van der Waals surface area contributed by atoms with Crippen LogP contribution in [0.2, 0.25) is 0 Å². The van der Waals surface area contributed by atoms with Crippen LogP contribution in [-0.2, 0) is 0 Å². The molecule has 0 aliphatic carbocycles. The molecule has 3 nitrogen and oxygen atoms in total. The lowest BCUT2D eigenvalue weighted by atomic mass is 10.0. The summed E-state index contributed by atoms with van der Waals surface area (Å²) in [5.74, 6) is -0.419. The Kier molecular flexibility index (Phi) is 2.60. The summed E-state index contributed by atoms with van der Waals surface area (Å²) in [5, 5.41) is 0. The summed E-state index contributed by atoms with van der Waals surface area (Å²) >= 11 is 0. The van der Waals surface area contributed by atoms with Gasteiger partial charge in [0.25, 0.3) is 0 Å². The van der Waals surface area contributed by atoms with Crippen LogP contribution in [0.3, 0.4) is 0 Å². The van der Waals surface area contributed by atoms with E-state index in [0.717, 1.165) is 16.8 Å². The van der Waals surface area contributed by atoms with Crippen molar-refractivity contribution in [1.29, 1.82) is 0 Å². The minimum Gasteiger partial charge on any atom is -0.399 e. The zero-order valence-electron chi connectivity index (χ0n) is 8.68. The lowest BCUT2D eigenvalue weighted by Gasteiger charge is -2.03. The molecule has 0 aromatic heterocycles. The molecular formula is C13H12N2O. The first kappa shape index (κ1) is 10.2. The molecule has 0 fully saturated rings. The van der Waals surface area contributed by atoms with Crippen LogP contribution < -0.4 is 11.5 Å². The molecular weight excluding hydrogens is 200 g/mol. The van der Waals surface area contributed by atoms with E-state index in [1.165, 1.54) is 0 Å². The van der Waals surface area contributed by atoms with E-state index in [0.29, 0.717) is 5.56 Å². The fourth-order valence-corrected chi connectivity index (χ4v) is 1.53. The molecule has 0 unspecified atom stereocenters. The molecule has 3 heteroatoms. The summed E-state index contributed by atoms with van der Waals surface area (Å²) in [5.41, 5.74) is 14.0. The molecule has 1 amide bonds. The molecule has 2 aromatic carbocycles. The zero-order valence-corrected chi connectivity index (χ0v) is 8.68. The van der Waals surface area contributed by atoms with E-state index >= 15 is 0 Å². The van der Waals surface area contributed by atoms with E-state index in [9.17, 15) is 4.79 Å². The first-order chi connectivity index (χ1) is 7.66. The topological polar surface area (TPSA) is 69.1 Å². The van der Waals surface area contributed by atoms with E-state index in [-0.39, 0.29) is 0 Å². The minimum absolute atomic E-state index is 0.419. The van der Waals surface area contributed by atoms with Crippen LogP contribution in [0.15, 0.2) is 48.5 Å². The van der Waals surface area contributed by atoms with Gasteiger partial charge in [-0.15, -0.1) is 0 Å². The molecule has 2 aromatic rings. The molecule has 0 saturated heterocycles. The lowest BCUT2D eigenvalue weighted by Crippen LogP contribution is -2.10. The van der Waals surface area contributed by atoms with E-state index in [1.54, 1.807) is 12.1 Å². The average molecular weight is 212 g/mol. The quantitative estimate of drug-likeness (QED) is 0.748. The summed E-state index contributed by atoms with van der Waals surface area (Å²) in [7, 11) is 0. The molecule has 0 heterocycles. The van der Waals surface area contributed by atoms with Crippen molar-refractivity contribution >= 4 is 11.6 Å². The van der Waals surface area contributed by atoms with Crippen LogP contribution in [0.1, 0.15) is 10.4 Å². The maximum absolute atomic E-state index is 11.0. The van der Waals surface area contributed by atoms with Crippen molar-refractivity contribution in [3.63, 3.8) is 0 Å². The van der Waals surface area contributed by atoms with Crippen molar-refractivity contribution in [3.05, 3.63) is 54.1 Å². The number of nitrogens with two attached hydrogens (primary N) is 2. The van der Waals surface area contributed by atoms with Gasteiger partial charge in [0, 0.05) is 11.3 Å². The second kappa shape index (κ2) is 4.06. The van der Waals surface area contributed by atoms with Crippen LogP contribution in [-0.4, -0.2) is 5.91 Å². The number of amides is 1. The smallest absolute Gasteiger partial charge is 0.248 e. The van der Waals surface area contributed by atoms with Gasteiger partial charge < -0.3 is 11.5 Å². The van der Waals surface area contributed by atoms with Gasteiger partial charge in [-0.3, -0.25) is 4.79 Å². The predicted octanol–water partition coefficient (Wildman–Crippen LogP) is 2.03. The third kappa shape index (κ3) is 2.03. The van der Waals surface area contributed by atoms with Crippen molar-refractivity contribution in [2.24, 2.45) is 5.73 Å². The minimum atomic E-state index is -0.419. The van der Waals surface area contributed by atoms with Crippen LogP contribution in [0.5, 0.6) is 0 Å². The van der Waals surface area contributed by atoms with E-state index in [2.05, 4.69) is 0 Å². The molecule has 0 spiro atoms. The molecule has 2 rings (SSSR count). The van der Waals surface area contributed by atoms with Gasteiger partial charge in [0.15, 0.2) is 0 Å². The molecule has 0 radical (unpaired) electrons. The molecule has 0 bridgehead atoms. The fourth-order valence-electron chi connectivity index (χ4n) is 1.53. The number of benzene rings is 2. The third-order valence-electron chi connectivity index (χ3n) is 2.39. The predicted molar refractivity (Wildman–Crippen MR) is 64.8 cm³/mol. The Morgan fingerprint density at radius 3 is 2.25 bits per heavy atom. The number of anilines is 1. The number of carbonyl (C=O) groups is 1. The van der Waals surface area contributed by atoms with Crippen LogP contribution in [0.25, 0.3) is 11.1 Å². The second-order valence-corrected chi connectivity index (χ2v) is 3.57. The van der Waals surface area contributed by atoms with Gasteiger partial charge in [0.1, 0.15) is 0 Å². The van der Waals surface area contributed by atoms with E-state index in [4.69, 9.17) is 11.5 Å². The maximum Gasteiger partial charge on any atom is 0.248 e. The Hall–Kier alpha value is -2.29.